The van der Waals surface area contributed by atoms with Gasteiger partial charge < -0.3 is 5.32 Å². The number of nitrogens with one attached hydrogen (secondary N) is 1. The van der Waals surface area contributed by atoms with Gasteiger partial charge in [0.25, 0.3) is 0 Å². The number of halogens is 2. The molecule has 0 aliphatic carbocycles. The van der Waals surface area contributed by atoms with Gasteiger partial charge in [0.2, 0.25) is 5.91 Å². The lowest BCUT2D eigenvalue weighted by Gasteiger charge is -2.37. The Labute approximate surface area is 163 Å². The molecule has 1 aliphatic rings. The number of rotatable bonds is 7. The minimum atomic E-state index is -0.552. The van der Waals surface area contributed by atoms with Crippen LogP contribution in [0.2, 0.25) is 0 Å². The number of likely N-dealkylation sites (tertiary alicyclic amines) is 1. The van der Waals surface area contributed by atoms with Gasteiger partial charge >= 0.3 is 0 Å². The van der Waals surface area contributed by atoms with Crippen molar-refractivity contribution in [3.63, 3.8) is 0 Å². The second-order valence-electron chi connectivity index (χ2n) is 7.02. The lowest BCUT2D eigenvalue weighted by Crippen LogP contribution is -2.42. The van der Waals surface area contributed by atoms with Gasteiger partial charge in [-0.25, -0.2) is 8.78 Å². The molecule has 0 bridgehead atoms. The summed E-state index contributed by atoms with van der Waals surface area (Å²) in [5.74, 6) is -0.910. The predicted molar refractivity (Wildman–Crippen MR) is 105 cm³/mol. The molecule has 1 aromatic carbocycles. The molecule has 146 valence electrons. The summed E-state index contributed by atoms with van der Waals surface area (Å²) >= 11 is 1.70. The second kappa shape index (κ2) is 9.42. The lowest BCUT2D eigenvalue weighted by atomic mass is 9.92. The van der Waals surface area contributed by atoms with E-state index in [2.05, 4.69) is 16.3 Å². The SMILES string of the molecule is CCC(c1ccc(F)cc1F)N1CCC(C(=O)NCCc2cccs2)CC1. The minimum Gasteiger partial charge on any atom is -0.355 e. The van der Waals surface area contributed by atoms with E-state index < -0.39 is 11.6 Å². The van der Waals surface area contributed by atoms with Crippen molar-refractivity contribution in [2.24, 2.45) is 5.92 Å². The van der Waals surface area contributed by atoms with Crippen molar-refractivity contribution in [2.75, 3.05) is 19.6 Å². The first-order valence-corrected chi connectivity index (χ1v) is 10.5. The molecule has 1 atom stereocenters. The molecular formula is C21H26F2N2OS. The van der Waals surface area contributed by atoms with E-state index in [9.17, 15) is 13.6 Å². The van der Waals surface area contributed by atoms with Crippen LogP contribution in [0, 0.1) is 17.6 Å². The number of carbonyl (C=O) groups is 1. The van der Waals surface area contributed by atoms with Gasteiger partial charge in [0, 0.05) is 35.0 Å². The van der Waals surface area contributed by atoms with Gasteiger partial charge in [-0.3, -0.25) is 9.69 Å². The number of hydrogen-bond donors (Lipinski definition) is 1. The molecule has 1 saturated heterocycles. The first-order valence-electron chi connectivity index (χ1n) is 9.57. The number of benzene rings is 1. The fourth-order valence-electron chi connectivity index (χ4n) is 3.83. The fraction of sp³-hybridized carbons (Fsp3) is 0.476. The maximum absolute atomic E-state index is 14.2. The van der Waals surface area contributed by atoms with Crippen LogP contribution in [0.15, 0.2) is 35.7 Å². The maximum Gasteiger partial charge on any atom is 0.223 e. The number of nitrogens with zero attached hydrogens (tertiary/aromatic N) is 1. The van der Waals surface area contributed by atoms with Crippen molar-refractivity contribution >= 4 is 17.2 Å². The summed E-state index contributed by atoms with van der Waals surface area (Å²) in [5, 5.41) is 5.09. The van der Waals surface area contributed by atoms with Gasteiger partial charge in [-0.1, -0.05) is 19.1 Å². The van der Waals surface area contributed by atoms with Gasteiger partial charge in [0.15, 0.2) is 0 Å². The van der Waals surface area contributed by atoms with Crippen LogP contribution in [-0.4, -0.2) is 30.4 Å². The number of amides is 1. The molecule has 1 aromatic heterocycles. The van der Waals surface area contributed by atoms with Crippen LogP contribution in [0.5, 0.6) is 0 Å². The highest BCUT2D eigenvalue weighted by atomic mass is 32.1. The topological polar surface area (TPSA) is 32.3 Å². The number of thiophene rings is 1. The summed E-state index contributed by atoms with van der Waals surface area (Å²) in [4.78, 5) is 15.9. The Morgan fingerprint density at radius 1 is 1.30 bits per heavy atom. The van der Waals surface area contributed by atoms with E-state index in [0.717, 1.165) is 44.8 Å². The van der Waals surface area contributed by atoms with Gasteiger partial charge in [0.05, 0.1) is 0 Å². The summed E-state index contributed by atoms with van der Waals surface area (Å²) < 4.78 is 27.4. The average molecular weight is 393 g/mol. The fourth-order valence-corrected chi connectivity index (χ4v) is 4.54. The third kappa shape index (κ3) is 5.14. The van der Waals surface area contributed by atoms with Gasteiger partial charge in [-0.05, 0) is 56.3 Å². The molecule has 6 heteroatoms. The zero-order valence-electron chi connectivity index (χ0n) is 15.6. The van der Waals surface area contributed by atoms with Crippen LogP contribution >= 0.6 is 11.3 Å². The Hall–Kier alpha value is -1.79. The zero-order chi connectivity index (χ0) is 19.2. The summed E-state index contributed by atoms with van der Waals surface area (Å²) in [6, 6.07) is 7.83. The molecule has 0 radical (unpaired) electrons. The first-order chi connectivity index (χ1) is 13.1. The highest BCUT2D eigenvalue weighted by Crippen LogP contribution is 2.31. The van der Waals surface area contributed by atoms with Gasteiger partial charge in [0.1, 0.15) is 11.6 Å². The number of piperidine rings is 1. The van der Waals surface area contributed by atoms with Crippen molar-refractivity contribution in [3.05, 3.63) is 57.8 Å². The first kappa shape index (κ1) is 20.0. The lowest BCUT2D eigenvalue weighted by molar-refractivity contribution is -0.126. The maximum atomic E-state index is 14.2. The summed E-state index contributed by atoms with van der Waals surface area (Å²) in [5.41, 5.74) is 0.540. The molecule has 1 N–H and O–H groups in total. The van der Waals surface area contributed by atoms with Crippen LogP contribution in [0.25, 0.3) is 0 Å². The highest BCUT2D eigenvalue weighted by molar-refractivity contribution is 7.09. The van der Waals surface area contributed by atoms with Crippen molar-refractivity contribution in [3.8, 4) is 0 Å². The summed E-state index contributed by atoms with van der Waals surface area (Å²) in [6.45, 7) is 4.17. The third-order valence-electron chi connectivity index (χ3n) is 5.30. The van der Waals surface area contributed by atoms with Crippen LogP contribution in [-0.2, 0) is 11.2 Å². The second-order valence-corrected chi connectivity index (χ2v) is 8.05. The molecular weight excluding hydrogens is 366 g/mol. The zero-order valence-corrected chi connectivity index (χ0v) is 16.4. The minimum absolute atomic E-state index is 0.0140. The predicted octanol–water partition coefficient (Wildman–Crippen LogP) is 4.55. The molecule has 1 amide bonds. The van der Waals surface area contributed by atoms with Crippen molar-refractivity contribution in [1.29, 1.82) is 0 Å². The van der Waals surface area contributed by atoms with E-state index in [1.54, 1.807) is 17.4 Å². The van der Waals surface area contributed by atoms with Crippen molar-refractivity contribution in [2.45, 2.75) is 38.6 Å². The molecule has 2 heterocycles. The Kier molecular flexibility index (Phi) is 6.96. The molecule has 3 rings (SSSR count). The van der Waals surface area contributed by atoms with E-state index in [-0.39, 0.29) is 17.9 Å². The Balaban J connectivity index is 1.50. The molecule has 1 fully saturated rings. The highest BCUT2D eigenvalue weighted by Gasteiger charge is 2.29. The van der Waals surface area contributed by atoms with Crippen LogP contribution < -0.4 is 5.32 Å². The Morgan fingerprint density at radius 2 is 2.07 bits per heavy atom. The normalized spacial score (nSPS) is 17.0. The standard InChI is InChI=1S/C21H26F2N2OS/c1-2-20(18-6-5-16(22)14-19(18)23)25-11-8-15(9-12-25)21(26)24-10-7-17-4-3-13-27-17/h3-6,13-15,20H,2,7-12H2,1H3,(H,24,26). The van der Waals surface area contributed by atoms with Gasteiger partial charge in [-0.2, -0.15) is 0 Å². The number of hydrogen-bond acceptors (Lipinski definition) is 3. The van der Waals surface area contributed by atoms with E-state index in [4.69, 9.17) is 0 Å². The quantitative estimate of drug-likeness (QED) is 0.750. The van der Waals surface area contributed by atoms with Gasteiger partial charge in [-0.15, -0.1) is 11.3 Å². The average Bonchev–Trinajstić information content (AvgIpc) is 3.18. The monoisotopic (exact) mass is 392 g/mol. The molecule has 0 spiro atoms. The third-order valence-corrected chi connectivity index (χ3v) is 6.24. The smallest absolute Gasteiger partial charge is 0.223 e. The van der Waals surface area contributed by atoms with Crippen LogP contribution in [0.4, 0.5) is 8.78 Å². The number of carbonyl (C=O) groups excluding carboxylic acids is 1. The molecule has 3 nitrogen and oxygen atoms in total. The Bertz CT molecular complexity index is 743. The van der Waals surface area contributed by atoms with E-state index in [1.165, 1.54) is 10.9 Å². The Morgan fingerprint density at radius 3 is 2.70 bits per heavy atom. The summed E-state index contributed by atoms with van der Waals surface area (Å²) in [6.07, 6.45) is 3.15. The molecule has 27 heavy (non-hydrogen) atoms. The van der Waals surface area contributed by atoms with E-state index >= 15 is 0 Å². The molecule has 0 saturated carbocycles. The molecule has 1 aliphatic heterocycles. The van der Waals surface area contributed by atoms with E-state index in [1.807, 2.05) is 18.4 Å². The summed E-state index contributed by atoms with van der Waals surface area (Å²) in [7, 11) is 0. The van der Waals surface area contributed by atoms with Crippen LogP contribution in [0.1, 0.15) is 42.7 Å². The molecule has 1 unspecified atom stereocenters. The van der Waals surface area contributed by atoms with E-state index in [0.29, 0.717) is 12.1 Å². The molecule has 2 aromatic rings. The van der Waals surface area contributed by atoms with Crippen molar-refractivity contribution in [1.82, 2.24) is 10.2 Å². The van der Waals surface area contributed by atoms with Crippen LogP contribution in [0.3, 0.4) is 0 Å². The largest absolute Gasteiger partial charge is 0.355 e. The van der Waals surface area contributed by atoms with Crippen molar-refractivity contribution < 1.29 is 13.6 Å².